The molecule has 0 spiro atoms. The number of carbonyl (C=O) groups excluding carboxylic acids is 1. The Bertz CT molecular complexity index is 511. The highest BCUT2D eigenvalue weighted by atomic mass is 19.4. The Hall–Kier alpha value is -1.79. The van der Waals surface area contributed by atoms with Crippen molar-refractivity contribution in [3.05, 3.63) is 23.9 Å². The minimum atomic E-state index is -4.41. The van der Waals surface area contributed by atoms with Gasteiger partial charge in [0.1, 0.15) is 5.82 Å². The lowest BCUT2D eigenvalue weighted by molar-refractivity contribution is -0.137. The van der Waals surface area contributed by atoms with E-state index in [0.29, 0.717) is 6.54 Å². The van der Waals surface area contributed by atoms with Crippen LogP contribution < -0.4 is 10.6 Å². The Balaban J connectivity index is 1.89. The fraction of sp³-hybridized carbons (Fsp3) is 0.600. The first kappa shape index (κ1) is 16.6. The molecule has 22 heavy (non-hydrogen) atoms. The highest BCUT2D eigenvalue weighted by Gasteiger charge is 2.34. The summed E-state index contributed by atoms with van der Waals surface area (Å²) in [6, 6.07) is 2.31. The first-order valence-corrected chi connectivity index (χ1v) is 7.39. The van der Waals surface area contributed by atoms with Crippen LogP contribution in [0.15, 0.2) is 18.3 Å². The number of hydrogen-bond acceptors (Lipinski definition) is 3. The van der Waals surface area contributed by atoms with Crippen LogP contribution in [0.1, 0.15) is 31.2 Å². The Kier molecular flexibility index (Phi) is 5.26. The molecule has 122 valence electrons. The number of amides is 1. The van der Waals surface area contributed by atoms with Gasteiger partial charge in [-0.15, -0.1) is 0 Å². The number of rotatable bonds is 4. The van der Waals surface area contributed by atoms with Crippen LogP contribution in [0.2, 0.25) is 0 Å². The molecule has 0 aliphatic heterocycles. The smallest absolute Gasteiger partial charge is 0.369 e. The van der Waals surface area contributed by atoms with Crippen molar-refractivity contribution in [2.45, 2.75) is 31.9 Å². The van der Waals surface area contributed by atoms with E-state index < -0.39 is 11.7 Å². The van der Waals surface area contributed by atoms with Crippen molar-refractivity contribution < 1.29 is 18.0 Å². The maximum absolute atomic E-state index is 12.9. The molecule has 1 aliphatic carbocycles. The van der Waals surface area contributed by atoms with Crippen LogP contribution in [0.3, 0.4) is 0 Å². The normalized spacial score (nSPS) is 22.2. The molecule has 4 nitrogen and oxygen atoms in total. The van der Waals surface area contributed by atoms with Crippen molar-refractivity contribution >= 4 is 11.7 Å². The van der Waals surface area contributed by atoms with Crippen molar-refractivity contribution in [1.29, 1.82) is 0 Å². The largest absolute Gasteiger partial charge is 0.419 e. The highest BCUT2D eigenvalue weighted by Crippen LogP contribution is 2.34. The van der Waals surface area contributed by atoms with Gasteiger partial charge in [0.05, 0.1) is 5.56 Å². The van der Waals surface area contributed by atoms with Gasteiger partial charge in [0.2, 0.25) is 5.91 Å². The molecule has 1 saturated carbocycles. The molecule has 0 unspecified atom stereocenters. The van der Waals surface area contributed by atoms with E-state index in [0.717, 1.165) is 31.7 Å². The second-order valence-corrected chi connectivity index (χ2v) is 5.61. The summed E-state index contributed by atoms with van der Waals surface area (Å²) in [6.45, 7) is 0.445. The monoisotopic (exact) mass is 315 g/mol. The molecule has 1 aromatic heterocycles. The van der Waals surface area contributed by atoms with Crippen molar-refractivity contribution in [2.24, 2.45) is 11.8 Å². The van der Waals surface area contributed by atoms with Crippen molar-refractivity contribution in [2.75, 3.05) is 18.9 Å². The molecule has 0 radical (unpaired) electrons. The predicted molar refractivity (Wildman–Crippen MR) is 77.2 cm³/mol. The lowest BCUT2D eigenvalue weighted by Crippen LogP contribution is -2.32. The summed E-state index contributed by atoms with van der Waals surface area (Å²) in [4.78, 5) is 15.3. The minimum Gasteiger partial charge on any atom is -0.369 e. The molecule has 7 heteroatoms. The molecule has 1 heterocycles. The number of alkyl halides is 3. The van der Waals surface area contributed by atoms with Gasteiger partial charge in [-0.25, -0.2) is 4.98 Å². The maximum atomic E-state index is 12.9. The average molecular weight is 315 g/mol. The Morgan fingerprint density at radius 2 is 2.00 bits per heavy atom. The third-order valence-corrected chi connectivity index (χ3v) is 4.14. The third kappa shape index (κ3) is 4.11. The molecule has 0 atom stereocenters. The van der Waals surface area contributed by atoms with Crippen molar-refractivity contribution in [3.8, 4) is 0 Å². The van der Waals surface area contributed by atoms with Gasteiger partial charge in [-0.2, -0.15) is 13.2 Å². The molecule has 0 bridgehead atoms. The number of hydrogen-bond donors (Lipinski definition) is 2. The molecule has 0 saturated heterocycles. The summed E-state index contributed by atoms with van der Waals surface area (Å²) in [6.07, 6.45) is 0.160. The molecule has 2 rings (SSSR count). The standard InChI is InChI=1S/C15H20F3N3O/c1-19-14(22)11-6-4-10(5-7-11)9-21-13-12(15(16,17)18)3-2-8-20-13/h2-3,8,10-11H,4-7,9H2,1H3,(H,19,22)(H,20,21). The fourth-order valence-electron chi connectivity index (χ4n) is 2.85. The van der Waals surface area contributed by atoms with E-state index >= 15 is 0 Å². The number of aromatic nitrogens is 1. The van der Waals surface area contributed by atoms with Crippen LogP contribution in [0, 0.1) is 11.8 Å². The lowest BCUT2D eigenvalue weighted by Gasteiger charge is -2.28. The van der Waals surface area contributed by atoms with Gasteiger partial charge in [0.25, 0.3) is 0 Å². The summed E-state index contributed by atoms with van der Waals surface area (Å²) in [5.41, 5.74) is -0.742. The van der Waals surface area contributed by atoms with E-state index in [1.165, 1.54) is 12.3 Å². The molecule has 1 aromatic rings. The number of halogens is 3. The van der Waals surface area contributed by atoms with E-state index in [2.05, 4.69) is 15.6 Å². The average Bonchev–Trinajstić information content (AvgIpc) is 2.52. The topological polar surface area (TPSA) is 54.0 Å². The third-order valence-electron chi connectivity index (χ3n) is 4.14. The van der Waals surface area contributed by atoms with E-state index in [9.17, 15) is 18.0 Å². The van der Waals surface area contributed by atoms with Crippen LogP contribution in [0.4, 0.5) is 19.0 Å². The van der Waals surface area contributed by atoms with E-state index in [-0.39, 0.29) is 23.6 Å². The number of pyridine rings is 1. The molecular formula is C15H20F3N3O. The Labute approximate surface area is 127 Å². The van der Waals surface area contributed by atoms with Crippen molar-refractivity contribution in [3.63, 3.8) is 0 Å². The molecule has 0 aromatic carbocycles. The van der Waals surface area contributed by atoms with E-state index in [1.54, 1.807) is 7.05 Å². The minimum absolute atomic E-state index is 0.0295. The molecule has 1 aliphatic rings. The zero-order chi connectivity index (χ0) is 16.2. The SMILES string of the molecule is CNC(=O)C1CCC(CNc2ncccc2C(F)(F)F)CC1. The van der Waals surface area contributed by atoms with Crippen LogP contribution in [-0.2, 0) is 11.0 Å². The van der Waals surface area contributed by atoms with Gasteiger partial charge in [-0.3, -0.25) is 4.79 Å². The quantitative estimate of drug-likeness (QED) is 0.898. The first-order valence-electron chi connectivity index (χ1n) is 7.39. The molecule has 1 amide bonds. The second kappa shape index (κ2) is 6.98. The van der Waals surface area contributed by atoms with Gasteiger partial charge in [0.15, 0.2) is 0 Å². The van der Waals surface area contributed by atoms with E-state index in [1.807, 2.05) is 0 Å². The van der Waals surface area contributed by atoms with Gasteiger partial charge < -0.3 is 10.6 Å². The van der Waals surface area contributed by atoms with Crippen molar-refractivity contribution in [1.82, 2.24) is 10.3 Å². The predicted octanol–water partition coefficient (Wildman–Crippen LogP) is 3.06. The van der Waals surface area contributed by atoms with Crippen LogP contribution in [0.5, 0.6) is 0 Å². The summed E-state index contributed by atoms with van der Waals surface area (Å²) in [7, 11) is 1.62. The fourth-order valence-corrected chi connectivity index (χ4v) is 2.85. The second-order valence-electron chi connectivity index (χ2n) is 5.61. The Morgan fingerprint density at radius 3 is 2.59 bits per heavy atom. The van der Waals surface area contributed by atoms with Gasteiger partial charge in [-0.1, -0.05) is 0 Å². The lowest BCUT2D eigenvalue weighted by atomic mass is 9.81. The number of carbonyl (C=O) groups is 1. The number of anilines is 1. The zero-order valence-corrected chi connectivity index (χ0v) is 12.4. The number of nitrogens with one attached hydrogen (secondary N) is 2. The Morgan fingerprint density at radius 1 is 1.32 bits per heavy atom. The summed E-state index contributed by atoms with van der Waals surface area (Å²) >= 11 is 0. The first-order chi connectivity index (χ1) is 10.4. The molecule has 1 fully saturated rings. The van der Waals surface area contributed by atoms with Crippen LogP contribution in [0.25, 0.3) is 0 Å². The summed E-state index contributed by atoms with van der Waals surface area (Å²) < 4.78 is 38.6. The maximum Gasteiger partial charge on any atom is 0.419 e. The summed E-state index contributed by atoms with van der Waals surface area (Å²) in [5, 5.41) is 5.46. The number of nitrogens with zero attached hydrogens (tertiary/aromatic N) is 1. The van der Waals surface area contributed by atoms with E-state index in [4.69, 9.17) is 0 Å². The zero-order valence-electron chi connectivity index (χ0n) is 12.4. The summed E-state index contributed by atoms with van der Waals surface area (Å²) in [5.74, 6) is 0.227. The van der Waals surface area contributed by atoms with Crippen LogP contribution in [-0.4, -0.2) is 24.5 Å². The van der Waals surface area contributed by atoms with Crippen LogP contribution >= 0.6 is 0 Å². The van der Waals surface area contributed by atoms with Gasteiger partial charge in [-0.05, 0) is 43.7 Å². The highest BCUT2D eigenvalue weighted by molar-refractivity contribution is 5.78. The molecular weight excluding hydrogens is 295 g/mol. The van der Waals surface area contributed by atoms with Gasteiger partial charge in [0, 0.05) is 25.7 Å². The molecule has 2 N–H and O–H groups in total. The van der Waals surface area contributed by atoms with Gasteiger partial charge >= 0.3 is 6.18 Å².